The Morgan fingerprint density at radius 2 is 1.67 bits per heavy atom. The summed E-state index contributed by atoms with van der Waals surface area (Å²) in [6.45, 7) is 16.1. The molecule has 1 saturated heterocycles. The Kier molecular flexibility index (Phi) is 5.17. The van der Waals surface area contributed by atoms with Crippen LogP contribution in [0.2, 0.25) is 0 Å². The van der Waals surface area contributed by atoms with E-state index in [2.05, 4.69) is 59.7 Å². The highest BCUT2D eigenvalue weighted by atomic mass is 15.3. The number of nitrogens with zero attached hydrogens (tertiary/aromatic N) is 4. The van der Waals surface area contributed by atoms with E-state index in [1.807, 2.05) is 12.4 Å². The molecule has 1 aliphatic heterocycles. The summed E-state index contributed by atoms with van der Waals surface area (Å²) in [7, 11) is 0. The topological polar surface area (TPSA) is 44.3 Å². The van der Waals surface area contributed by atoms with Crippen molar-refractivity contribution in [3.63, 3.8) is 0 Å². The Bertz CT molecular complexity index is 427. The van der Waals surface area contributed by atoms with Crippen LogP contribution in [0.25, 0.3) is 0 Å². The number of anilines is 1. The first-order valence-electron chi connectivity index (χ1n) is 7.90. The van der Waals surface area contributed by atoms with Crippen LogP contribution in [0.1, 0.15) is 40.2 Å². The molecule has 0 spiro atoms. The van der Waals surface area contributed by atoms with Gasteiger partial charge in [-0.25, -0.2) is 9.97 Å². The van der Waals surface area contributed by atoms with Gasteiger partial charge in [0.05, 0.1) is 0 Å². The fourth-order valence-electron chi connectivity index (χ4n) is 2.50. The number of hydrogen-bond donors (Lipinski definition) is 1. The van der Waals surface area contributed by atoms with Crippen LogP contribution in [0.5, 0.6) is 0 Å². The second-order valence-electron chi connectivity index (χ2n) is 7.07. The molecule has 118 valence electrons. The molecular formula is C16H29N5. The highest BCUT2D eigenvalue weighted by Crippen LogP contribution is 2.18. The first kappa shape index (κ1) is 16.2. The SMILES string of the molecule is CC(C)NCc1cnc(N2CCN(C(C)(C)C)CC2)nc1. The predicted molar refractivity (Wildman–Crippen MR) is 87.5 cm³/mol. The Morgan fingerprint density at radius 3 is 2.14 bits per heavy atom. The van der Waals surface area contributed by atoms with E-state index in [1.54, 1.807) is 0 Å². The van der Waals surface area contributed by atoms with Crippen molar-refractivity contribution >= 4 is 5.95 Å². The maximum atomic E-state index is 4.52. The van der Waals surface area contributed by atoms with Crippen LogP contribution in [0, 0.1) is 0 Å². The van der Waals surface area contributed by atoms with Gasteiger partial charge in [-0.15, -0.1) is 0 Å². The fraction of sp³-hybridized carbons (Fsp3) is 0.750. The molecule has 0 unspecified atom stereocenters. The first-order chi connectivity index (χ1) is 9.86. The maximum absolute atomic E-state index is 4.52. The molecule has 21 heavy (non-hydrogen) atoms. The van der Waals surface area contributed by atoms with Gasteiger partial charge in [0, 0.05) is 62.3 Å². The van der Waals surface area contributed by atoms with E-state index in [4.69, 9.17) is 0 Å². The molecule has 1 aliphatic rings. The van der Waals surface area contributed by atoms with Gasteiger partial charge in [0.2, 0.25) is 5.95 Å². The molecule has 1 N–H and O–H groups in total. The van der Waals surface area contributed by atoms with Crippen LogP contribution in [-0.2, 0) is 6.54 Å². The second-order valence-corrected chi connectivity index (χ2v) is 7.07. The number of rotatable bonds is 4. The van der Waals surface area contributed by atoms with E-state index in [9.17, 15) is 0 Å². The highest BCUT2D eigenvalue weighted by molar-refractivity contribution is 5.30. The van der Waals surface area contributed by atoms with Gasteiger partial charge in [0.1, 0.15) is 0 Å². The molecule has 0 aliphatic carbocycles. The highest BCUT2D eigenvalue weighted by Gasteiger charge is 2.26. The Hall–Kier alpha value is -1.20. The number of hydrogen-bond acceptors (Lipinski definition) is 5. The smallest absolute Gasteiger partial charge is 0.225 e. The quantitative estimate of drug-likeness (QED) is 0.918. The van der Waals surface area contributed by atoms with Crippen LogP contribution < -0.4 is 10.2 Å². The van der Waals surface area contributed by atoms with Gasteiger partial charge in [-0.3, -0.25) is 4.90 Å². The van der Waals surface area contributed by atoms with Crippen molar-refractivity contribution < 1.29 is 0 Å². The predicted octanol–water partition coefficient (Wildman–Crippen LogP) is 1.90. The minimum atomic E-state index is 0.249. The zero-order chi connectivity index (χ0) is 15.5. The third-order valence-electron chi connectivity index (χ3n) is 3.92. The summed E-state index contributed by atoms with van der Waals surface area (Å²) in [5.41, 5.74) is 1.39. The van der Waals surface area contributed by atoms with E-state index in [-0.39, 0.29) is 5.54 Å². The summed E-state index contributed by atoms with van der Waals surface area (Å²) in [6.07, 6.45) is 3.88. The summed E-state index contributed by atoms with van der Waals surface area (Å²) >= 11 is 0. The molecule has 0 amide bonds. The molecule has 0 radical (unpaired) electrons. The van der Waals surface area contributed by atoms with E-state index < -0.39 is 0 Å². The van der Waals surface area contributed by atoms with Gasteiger partial charge >= 0.3 is 0 Å². The average molecular weight is 291 g/mol. The zero-order valence-electron chi connectivity index (χ0n) is 14.1. The van der Waals surface area contributed by atoms with Gasteiger partial charge in [-0.05, 0) is 20.8 Å². The third kappa shape index (κ3) is 4.64. The van der Waals surface area contributed by atoms with E-state index in [0.717, 1.165) is 44.2 Å². The largest absolute Gasteiger partial charge is 0.338 e. The van der Waals surface area contributed by atoms with Crippen LogP contribution in [0.3, 0.4) is 0 Å². The number of piperazine rings is 1. The molecule has 2 heterocycles. The normalized spacial score (nSPS) is 17.5. The lowest BCUT2D eigenvalue weighted by Crippen LogP contribution is -2.53. The zero-order valence-corrected chi connectivity index (χ0v) is 14.1. The van der Waals surface area contributed by atoms with Crippen molar-refractivity contribution in [1.82, 2.24) is 20.2 Å². The monoisotopic (exact) mass is 291 g/mol. The molecule has 2 rings (SSSR count). The molecule has 1 aromatic heterocycles. The summed E-state index contributed by atoms with van der Waals surface area (Å²) in [5.74, 6) is 0.858. The van der Waals surface area contributed by atoms with Crippen molar-refractivity contribution in [3.8, 4) is 0 Å². The van der Waals surface area contributed by atoms with E-state index in [1.165, 1.54) is 0 Å². The third-order valence-corrected chi connectivity index (χ3v) is 3.92. The molecule has 5 heteroatoms. The van der Waals surface area contributed by atoms with Crippen molar-refractivity contribution in [1.29, 1.82) is 0 Å². The van der Waals surface area contributed by atoms with Crippen LogP contribution >= 0.6 is 0 Å². The number of aromatic nitrogens is 2. The average Bonchev–Trinajstić information content (AvgIpc) is 2.45. The molecule has 0 atom stereocenters. The Balaban J connectivity index is 1.89. The van der Waals surface area contributed by atoms with E-state index in [0.29, 0.717) is 6.04 Å². The van der Waals surface area contributed by atoms with E-state index >= 15 is 0 Å². The minimum absolute atomic E-state index is 0.249. The lowest BCUT2D eigenvalue weighted by molar-refractivity contribution is 0.128. The Morgan fingerprint density at radius 1 is 1.10 bits per heavy atom. The minimum Gasteiger partial charge on any atom is -0.338 e. The van der Waals surface area contributed by atoms with Gasteiger partial charge in [-0.1, -0.05) is 13.8 Å². The molecule has 0 aromatic carbocycles. The fourth-order valence-corrected chi connectivity index (χ4v) is 2.50. The van der Waals surface area contributed by atoms with Crippen LogP contribution in [0.15, 0.2) is 12.4 Å². The molecule has 1 fully saturated rings. The summed E-state index contributed by atoms with van der Waals surface area (Å²) in [5, 5.41) is 3.38. The lowest BCUT2D eigenvalue weighted by atomic mass is 10.1. The molecule has 5 nitrogen and oxygen atoms in total. The first-order valence-corrected chi connectivity index (χ1v) is 7.90. The lowest BCUT2D eigenvalue weighted by Gasteiger charge is -2.42. The molecule has 0 saturated carbocycles. The van der Waals surface area contributed by atoms with Crippen LogP contribution in [0.4, 0.5) is 5.95 Å². The van der Waals surface area contributed by atoms with Crippen molar-refractivity contribution in [2.45, 2.75) is 52.7 Å². The summed E-state index contributed by atoms with van der Waals surface area (Å²) in [4.78, 5) is 13.8. The second kappa shape index (κ2) is 6.71. The van der Waals surface area contributed by atoms with Crippen molar-refractivity contribution in [3.05, 3.63) is 18.0 Å². The van der Waals surface area contributed by atoms with Gasteiger partial charge in [0.25, 0.3) is 0 Å². The van der Waals surface area contributed by atoms with Gasteiger partial charge < -0.3 is 10.2 Å². The molecular weight excluding hydrogens is 262 g/mol. The molecule has 1 aromatic rings. The maximum Gasteiger partial charge on any atom is 0.225 e. The van der Waals surface area contributed by atoms with Crippen molar-refractivity contribution in [2.24, 2.45) is 0 Å². The summed E-state index contributed by atoms with van der Waals surface area (Å²) in [6, 6.07) is 0.482. The summed E-state index contributed by atoms with van der Waals surface area (Å²) < 4.78 is 0. The standard InChI is InChI=1S/C16H29N5/c1-13(2)17-10-14-11-18-15(19-12-14)20-6-8-21(9-7-20)16(3,4)5/h11-13,17H,6-10H2,1-5H3. The number of nitrogens with one attached hydrogen (secondary N) is 1. The van der Waals surface area contributed by atoms with Crippen LogP contribution in [-0.4, -0.2) is 52.6 Å². The molecule has 0 bridgehead atoms. The Labute approximate surface area is 128 Å². The van der Waals surface area contributed by atoms with Gasteiger partial charge in [-0.2, -0.15) is 0 Å². The van der Waals surface area contributed by atoms with Crippen molar-refractivity contribution in [2.75, 3.05) is 31.1 Å². The van der Waals surface area contributed by atoms with Gasteiger partial charge in [0.15, 0.2) is 0 Å².